The molecule has 0 N–H and O–H groups in total. The van der Waals surface area contributed by atoms with Crippen molar-refractivity contribution in [1.29, 1.82) is 0 Å². The third-order valence-corrected chi connectivity index (χ3v) is 7.21. The van der Waals surface area contributed by atoms with Crippen LogP contribution < -0.4 is 0 Å². The van der Waals surface area contributed by atoms with E-state index in [-0.39, 0.29) is 0 Å². The number of piperidine rings is 1. The number of hydrogen-bond donors (Lipinski definition) is 0. The topological polar surface area (TPSA) is 29.0 Å². The Balaban J connectivity index is 1.17. The minimum atomic E-state index is 0.836. The van der Waals surface area contributed by atoms with Gasteiger partial charge in [-0.3, -0.25) is 4.90 Å². The minimum Gasteiger partial charge on any atom is -0.299 e. The second kappa shape index (κ2) is 11.9. The fourth-order valence-corrected chi connectivity index (χ4v) is 5.24. The van der Waals surface area contributed by atoms with Crippen LogP contribution in [0.15, 0.2) is 97.1 Å². The van der Waals surface area contributed by atoms with E-state index in [0.29, 0.717) is 0 Å². The van der Waals surface area contributed by atoms with Crippen molar-refractivity contribution in [2.24, 2.45) is 5.92 Å². The number of hydrogen-bond acceptors (Lipinski definition) is 3. The van der Waals surface area contributed by atoms with Crippen LogP contribution in [0.4, 0.5) is 0 Å². The molecule has 0 aliphatic carbocycles. The highest BCUT2D eigenvalue weighted by Crippen LogP contribution is 2.26. The van der Waals surface area contributed by atoms with Crippen LogP contribution in [0, 0.1) is 5.92 Å². The average molecular weight is 462 g/mol. The van der Waals surface area contributed by atoms with Gasteiger partial charge in [0.2, 0.25) is 0 Å². The average Bonchev–Trinajstić information content (AvgIpc) is 2.92. The molecule has 0 saturated carbocycles. The lowest BCUT2D eigenvalue weighted by molar-refractivity contribution is 0.171. The highest BCUT2D eigenvalue weighted by Gasteiger charge is 2.19. The highest BCUT2D eigenvalue weighted by molar-refractivity contribution is 5.63. The summed E-state index contributed by atoms with van der Waals surface area (Å²) in [6, 6.07) is 34.3. The van der Waals surface area contributed by atoms with Crippen molar-refractivity contribution in [3.63, 3.8) is 0 Å². The summed E-state index contributed by atoms with van der Waals surface area (Å²) in [4.78, 5) is 2.61. The van der Waals surface area contributed by atoms with Crippen molar-refractivity contribution >= 4 is 0 Å². The van der Waals surface area contributed by atoms with Crippen molar-refractivity contribution in [2.75, 3.05) is 13.1 Å². The van der Waals surface area contributed by atoms with Crippen molar-refractivity contribution < 1.29 is 0 Å². The molecule has 5 rings (SSSR count). The summed E-state index contributed by atoms with van der Waals surface area (Å²) in [6.07, 6.45) is 6.99. The van der Waals surface area contributed by atoms with Gasteiger partial charge < -0.3 is 0 Å². The van der Waals surface area contributed by atoms with E-state index >= 15 is 0 Å². The van der Waals surface area contributed by atoms with Gasteiger partial charge in [0.1, 0.15) is 0 Å². The Labute approximate surface area is 209 Å². The van der Waals surface area contributed by atoms with E-state index in [0.717, 1.165) is 42.3 Å². The van der Waals surface area contributed by atoms with Gasteiger partial charge in [-0.1, -0.05) is 91.0 Å². The van der Waals surface area contributed by atoms with Crippen molar-refractivity contribution in [3.05, 3.63) is 119 Å². The first-order valence-electron chi connectivity index (χ1n) is 13.0. The Morgan fingerprint density at radius 1 is 0.714 bits per heavy atom. The molecule has 0 atom stereocenters. The number of likely N-dealkylation sites (tertiary alicyclic amines) is 1. The molecule has 1 saturated heterocycles. The van der Waals surface area contributed by atoms with Crippen LogP contribution in [-0.2, 0) is 19.4 Å². The van der Waals surface area contributed by atoms with Crippen LogP contribution in [0.5, 0.6) is 0 Å². The van der Waals surface area contributed by atoms with E-state index in [9.17, 15) is 0 Å². The second-order valence-electron chi connectivity index (χ2n) is 9.84. The Hall–Kier alpha value is -3.30. The molecule has 2 heterocycles. The molecule has 1 aliphatic rings. The van der Waals surface area contributed by atoms with Gasteiger partial charge in [0.25, 0.3) is 0 Å². The van der Waals surface area contributed by atoms with Crippen molar-refractivity contribution in [2.45, 2.75) is 45.1 Å². The molecular formula is C32H35N3. The van der Waals surface area contributed by atoms with Gasteiger partial charge in [0.05, 0.1) is 11.4 Å². The minimum absolute atomic E-state index is 0.836. The quantitative estimate of drug-likeness (QED) is 0.269. The maximum absolute atomic E-state index is 4.70. The molecule has 0 spiro atoms. The molecule has 35 heavy (non-hydrogen) atoms. The maximum atomic E-state index is 4.70. The molecule has 3 heteroatoms. The predicted octanol–water partition coefficient (Wildman–Crippen LogP) is 6.97. The van der Waals surface area contributed by atoms with Crippen LogP contribution >= 0.6 is 0 Å². The molecule has 0 unspecified atom stereocenters. The number of benzene rings is 3. The largest absolute Gasteiger partial charge is 0.299 e. The summed E-state index contributed by atoms with van der Waals surface area (Å²) < 4.78 is 0. The number of aryl methyl sites for hydroxylation is 1. The van der Waals surface area contributed by atoms with Gasteiger partial charge in [-0.25, -0.2) is 0 Å². The summed E-state index contributed by atoms with van der Waals surface area (Å²) in [7, 11) is 0. The molecule has 1 fully saturated rings. The molecular weight excluding hydrogens is 426 g/mol. The first kappa shape index (κ1) is 23.4. The first-order valence-corrected chi connectivity index (χ1v) is 13.0. The normalized spacial score (nSPS) is 14.7. The fourth-order valence-electron chi connectivity index (χ4n) is 5.24. The molecule has 1 aliphatic heterocycles. The van der Waals surface area contributed by atoms with Crippen molar-refractivity contribution in [3.8, 4) is 11.3 Å². The van der Waals surface area contributed by atoms with E-state index in [4.69, 9.17) is 5.10 Å². The van der Waals surface area contributed by atoms with Crippen LogP contribution in [0.2, 0.25) is 0 Å². The van der Waals surface area contributed by atoms with E-state index in [1.807, 2.05) is 6.07 Å². The zero-order valence-electron chi connectivity index (χ0n) is 20.5. The molecule has 4 aromatic rings. The van der Waals surface area contributed by atoms with E-state index in [1.54, 1.807) is 0 Å². The standard InChI is InChI=1S/C32H35N3/c1-4-11-27(12-5-1)23-30-24-31(33-34-32(30)29-16-8-3-9-17-29)18-10-15-26-19-21-35(22-20-26)25-28-13-6-2-7-14-28/h1-9,11-14,16-17,24,26H,10,15,18-23,25H2. The Kier molecular flexibility index (Phi) is 7.97. The zero-order valence-corrected chi connectivity index (χ0v) is 20.5. The van der Waals surface area contributed by atoms with Gasteiger partial charge in [0.15, 0.2) is 0 Å². The Morgan fingerprint density at radius 3 is 2.03 bits per heavy atom. The molecule has 3 nitrogen and oxygen atoms in total. The van der Waals surface area contributed by atoms with E-state index in [2.05, 4.69) is 101 Å². The third kappa shape index (κ3) is 6.64. The fraction of sp³-hybridized carbons (Fsp3) is 0.312. The zero-order chi connectivity index (χ0) is 23.7. The van der Waals surface area contributed by atoms with Gasteiger partial charge in [0, 0.05) is 12.1 Å². The molecule has 3 aromatic carbocycles. The van der Waals surface area contributed by atoms with Gasteiger partial charge in [-0.15, -0.1) is 5.10 Å². The van der Waals surface area contributed by atoms with Crippen molar-refractivity contribution in [1.82, 2.24) is 15.1 Å². The monoisotopic (exact) mass is 461 g/mol. The number of rotatable bonds is 9. The van der Waals surface area contributed by atoms with E-state index in [1.165, 1.54) is 55.5 Å². The summed E-state index contributed by atoms with van der Waals surface area (Å²) in [5.74, 6) is 0.836. The first-order chi connectivity index (χ1) is 17.3. The summed E-state index contributed by atoms with van der Waals surface area (Å²) >= 11 is 0. The Bertz CT molecular complexity index is 1170. The lowest BCUT2D eigenvalue weighted by Crippen LogP contribution is -2.33. The SMILES string of the molecule is c1ccc(Cc2cc(CCCC3CCN(Cc4ccccc4)CC3)nnc2-c2ccccc2)cc1. The lowest BCUT2D eigenvalue weighted by atomic mass is 9.91. The smallest absolute Gasteiger partial charge is 0.0965 e. The number of aromatic nitrogens is 2. The van der Waals surface area contributed by atoms with Gasteiger partial charge in [-0.2, -0.15) is 5.10 Å². The van der Waals surface area contributed by atoms with E-state index < -0.39 is 0 Å². The molecule has 178 valence electrons. The van der Waals surface area contributed by atoms with Crippen LogP contribution in [0.1, 0.15) is 48.1 Å². The summed E-state index contributed by atoms with van der Waals surface area (Å²) in [5.41, 5.74) is 7.27. The number of nitrogens with zero attached hydrogens (tertiary/aromatic N) is 3. The van der Waals surface area contributed by atoms with Crippen LogP contribution in [0.25, 0.3) is 11.3 Å². The predicted molar refractivity (Wildman–Crippen MR) is 144 cm³/mol. The molecule has 0 bridgehead atoms. The molecule has 1 aromatic heterocycles. The third-order valence-electron chi connectivity index (χ3n) is 7.21. The Morgan fingerprint density at radius 2 is 1.34 bits per heavy atom. The van der Waals surface area contributed by atoms with Crippen LogP contribution in [0.3, 0.4) is 0 Å². The van der Waals surface area contributed by atoms with Gasteiger partial charge in [-0.05, 0) is 80.3 Å². The van der Waals surface area contributed by atoms with Gasteiger partial charge >= 0.3 is 0 Å². The maximum Gasteiger partial charge on any atom is 0.0965 e. The van der Waals surface area contributed by atoms with Crippen LogP contribution in [-0.4, -0.2) is 28.2 Å². The highest BCUT2D eigenvalue weighted by atomic mass is 15.1. The molecule has 0 radical (unpaired) electrons. The molecule has 0 amide bonds. The summed E-state index contributed by atoms with van der Waals surface area (Å²) in [5, 5.41) is 9.34. The second-order valence-corrected chi connectivity index (χ2v) is 9.84. The summed E-state index contributed by atoms with van der Waals surface area (Å²) in [6.45, 7) is 3.51. The lowest BCUT2D eigenvalue weighted by Gasteiger charge is -2.32.